The molecule has 0 spiro atoms. The average Bonchev–Trinajstić information content (AvgIpc) is 2.42. The summed E-state index contributed by atoms with van der Waals surface area (Å²) in [5.74, 6) is -1.65. The van der Waals surface area contributed by atoms with Crippen molar-refractivity contribution < 1.29 is 23.0 Å². The Bertz CT molecular complexity index is 494. The number of nitrogens with zero attached hydrogens (tertiary/aromatic N) is 1. The van der Waals surface area contributed by atoms with Crippen molar-refractivity contribution in [2.24, 2.45) is 0 Å². The molecule has 110 valence electrons. The number of methoxy groups -OCH3 is 1. The summed E-state index contributed by atoms with van der Waals surface area (Å²) < 4.78 is 37.0. The Kier molecular flexibility index (Phi) is 5.03. The zero-order valence-corrected chi connectivity index (χ0v) is 11.3. The largest absolute Gasteiger partial charge is 0.382 e. The third kappa shape index (κ3) is 3.32. The van der Waals surface area contributed by atoms with Crippen LogP contribution in [0.1, 0.15) is 12.0 Å². The molecule has 0 bridgehead atoms. The highest BCUT2D eigenvalue weighted by molar-refractivity contribution is 5.95. The predicted molar refractivity (Wildman–Crippen MR) is 69.7 cm³/mol. The van der Waals surface area contributed by atoms with Crippen LogP contribution in [0.25, 0.3) is 0 Å². The SMILES string of the molecule is COCCOCC(=O)N1CCCc2cc(F)cc(F)c21. The highest BCUT2D eigenvalue weighted by Gasteiger charge is 2.26. The second kappa shape index (κ2) is 6.76. The molecule has 1 aromatic rings. The molecule has 0 fully saturated rings. The first-order valence-electron chi connectivity index (χ1n) is 6.48. The van der Waals surface area contributed by atoms with Crippen LogP contribution in [0.2, 0.25) is 0 Å². The number of carbonyl (C=O) groups excluding carboxylic acids is 1. The van der Waals surface area contributed by atoms with Gasteiger partial charge >= 0.3 is 0 Å². The molecule has 20 heavy (non-hydrogen) atoms. The van der Waals surface area contributed by atoms with Crippen molar-refractivity contribution in [1.82, 2.24) is 0 Å². The summed E-state index contributed by atoms with van der Waals surface area (Å²) in [5.41, 5.74) is 0.706. The normalized spacial score (nSPS) is 14.2. The molecule has 6 heteroatoms. The summed E-state index contributed by atoms with van der Waals surface area (Å²) in [5, 5.41) is 0. The number of rotatable bonds is 5. The maximum Gasteiger partial charge on any atom is 0.253 e. The first-order valence-corrected chi connectivity index (χ1v) is 6.48. The van der Waals surface area contributed by atoms with E-state index in [4.69, 9.17) is 9.47 Å². The van der Waals surface area contributed by atoms with Gasteiger partial charge in [0.15, 0.2) is 0 Å². The maximum atomic E-state index is 13.9. The van der Waals surface area contributed by atoms with Crippen LogP contribution in [-0.2, 0) is 20.7 Å². The number of hydrogen-bond acceptors (Lipinski definition) is 3. The van der Waals surface area contributed by atoms with Crippen LogP contribution in [-0.4, -0.2) is 39.4 Å². The standard InChI is InChI=1S/C14H17F2NO3/c1-19-5-6-20-9-13(18)17-4-2-3-10-7-11(15)8-12(16)14(10)17/h7-8H,2-6,9H2,1H3. The summed E-state index contributed by atoms with van der Waals surface area (Å²) in [6, 6.07) is 2.08. The number of carbonyl (C=O) groups is 1. The van der Waals surface area contributed by atoms with E-state index in [-0.39, 0.29) is 18.2 Å². The summed E-state index contributed by atoms with van der Waals surface area (Å²) in [7, 11) is 1.54. The molecule has 1 aliphatic rings. The third-order valence-corrected chi connectivity index (χ3v) is 3.16. The van der Waals surface area contributed by atoms with E-state index in [1.807, 2.05) is 0 Å². The van der Waals surface area contributed by atoms with Crippen molar-refractivity contribution in [2.75, 3.05) is 38.4 Å². The van der Waals surface area contributed by atoms with Crippen LogP contribution in [0.5, 0.6) is 0 Å². The van der Waals surface area contributed by atoms with Crippen LogP contribution in [0.4, 0.5) is 14.5 Å². The van der Waals surface area contributed by atoms with Gasteiger partial charge in [0.25, 0.3) is 5.91 Å². The fraction of sp³-hybridized carbons (Fsp3) is 0.500. The van der Waals surface area contributed by atoms with E-state index in [1.165, 1.54) is 18.1 Å². The van der Waals surface area contributed by atoms with Crippen LogP contribution in [0.3, 0.4) is 0 Å². The smallest absolute Gasteiger partial charge is 0.253 e. The van der Waals surface area contributed by atoms with E-state index in [2.05, 4.69) is 0 Å². The van der Waals surface area contributed by atoms with E-state index in [1.54, 1.807) is 0 Å². The Morgan fingerprint density at radius 3 is 2.90 bits per heavy atom. The van der Waals surface area contributed by atoms with Crippen LogP contribution >= 0.6 is 0 Å². The van der Waals surface area contributed by atoms with Crippen molar-refractivity contribution in [2.45, 2.75) is 12.8 Å². The molecule has 0 atom stereocenters. The molecule has 0 unspecified atom stereocenters. The Hall–Kier alpha value is -1.53. The summed E-state index contributed by atoms with van der Waals surface area (Å²) >= 11 is 0. The predicted octanol–water partition coefficient (Wildman–Crippen LogP) is 1.91. The lowest BCUT2D eigenvalue weighted by Gasteiger charge is -2.29. The Morgan fingerprint density at radius 2 is 2.15 bits per heavy atom. The zero-order valence-electron chi connectivity index (χ0n) is 11.3. The van der Waals surface area contributed by atoms with Gasteiger partial charge in [-0.3, -0.25) is 4.79 Å². The molecular weight excluding hydrogens is 268 g/mol. The maximum absolute atomic E-state index is 13.9. The quantitative estimate of drug-likeness (QED) is 0.776. The highest BCUT2D eigenvalue weighted by Crippen LogP contribution is 2.31. The summed E-state index contributed by atoms with van der Waals surface area (Å²) in [4.78, 5) is 13.4. The first-order chi connectivity index (χ1) is 9.63. The van der Waals surface area contributed by atoms with Crippen molar-refractivity contribution in [3.63, 3.8) is 0 Å². The minimum Gasteiger partial charge on any atom is -0.382 e. The minimum atomic E-state index is -0.704. The summed E-state index contributed by atoms with van der Waals surface area (Å²) in [6.45, 7) is 0.972. The molecule has 1 amide bonds. The van der Waals surface area contributed by atoms with Gasteiger partial charge in [0.2, 0.25) is 0 Å². The first kappa shape index (κ1) is 14.9. The number of anilines is 1. The molecule has 2 rings (SSSR count). The van der Waals surface area contributed by atoms with Gasteiger partial charge < -0.3 is 14.4 Å². The number of benzene rings is 1. The molecule has 1 heterocycles. The Labute approximate surface area is 116 Å². The van der Waals surface area contributed by atoms with Crippen molar-refractivity contribution in [1.29, 1.82) is 0 Å². The average molecular weight is 285 g/mol. The molecule has 0 saturated heterocycles. The van der Waals surface area contributed by atoms with E-state index in [9.17, 15) is 13.6 Å². The summed E-state index contributed by atoms with van der Waals surface area (Å²) in [6.07, 6.45) is 1.25. The van der Waals surface area contributed by atoms with Crippen LogP contribution in [0.15, 0.2) is 12.1 Å². The fourth-order valence-electron chi connectivity index (χ4n) is 2.28. The molecule has 0 aromatic heterocycles. The highest BCUT2D eigenvalue weighted by atomic mass is 19.1. The lowest BCUT2D eigenvalue weighted by atomic mass is 10.0. The van der Waals surface area contributed by atoms with Gasteiger partial charge in [-0.05, 0) is 24.5 Å². The fourth-order valence-corrected chi connectivity index (χ4v) is 2.28. The van der Waals surface area contributed by atoms with E-state index >= 15 is 0 Å². The molecule has 0 saturated carbocycles. The molecule has 0 N–H and O–H groups in total. The molecule has 0 radical (unpaired) electrons. The second-order valence-electron chi connectivity index (χ2n) is 4.59. The monoisotopic (exact) mass is 285 g/mol. The molecule has 0 aliphatic carbocycles. The van der Waals surface area contributed by atoms with Gasteiger partial charge in [-0.2, -0.15) is 0 Å². The van der Waals surface area contributed by atoms with Gasteiger partial charge in [0, 0.05) is 19.7 Å². The number of ether oxygens (including phenoxy) is 2. The van der Waals surface area contributed by atoms with Crippen LogP contribution < -0.4 is 4.90 Å². The van der Waals surface area contributed by atoms with E-state index in [0.717, 1.165) is 6.07 Å². The van der Waals surface area contributed by atoms with Crippen molar-refractivity contribution in [3.8, 4) is 0 Å². The van der Waals surface area contributed by atoms with Gasteiger partial charge in [0.1, 0.15) is 18.2 Å². The zero-order chi connectivity index (χ0) is 14.5. The topological polar surface area (TPSA) is 38.8 Å². The molecule has 4 nitrogen and oxygen atoms in total. The Balaban J connectivity index is 2.10. The Morgan fingerprint density at radius 1 is 1.35 bits per heavy atom. The van der Waals surface area contributed by atoms with Gasteiger partial charge in [-0.25, -0.2) is 8.78 Å². The lowest BCUT2D eigenvalue weighted by molar-refractivity contribution is -0.123. The molecular formula is C14H17F2NO3. The van der Waals surface area contributed by atoms with Gasteiger partial charge in [-0.15, -0.1) is 0 Å². The van der Waals surface area contributed by atoms with Crippen LogP contribution in [0, 0.1) is 11.6 Å². The number of amides is 1. The third-order valence-electron chi connectivity index (χ3n) is 3.16. The van der Waals surface area contributed by atoms with Gasteiger partial charge in [0.05, 0.1) is 18.9 Å². The van der Waals surface area contributed by atoms with Gasteiger partial charge in [-0.1, -0.05) is 0 Å². The van der Waals surface area contributed by atoms with Crippen molar-refractivity contribution in [3.05, 3.63) is 29.3 Å². The van der Waals surface area contributed by atoms with E-state index < -0.39 is 11.6 Å². The minimum absolute atomic E-state index is 0.139. The molecule has 1 aliphatic heterocycles. The van der Waals surface area contributed by atoms with E-state index in [0.29, 0.717) is 38.2 Å². The number of halogens is 2. The lowest BCUT2D eigenvalue weighted by Crippen LogP contribution is -2.39. The number of fused-ring (bicyclic) bond motifs is 1. The second-order valence-corrected chi connectivity index (χ2v) is 4.59. The number of hydrogen-bond donors (Lipinski definition) is 0. The number of aryl methyl sites for hydroxylation is 1. The van der Waals surface area contributed by atoms with Crippen molar-refractivity contribution >= 4 is 11.6 Å². The molecule has 1 aromatic carbocycles.